The maximum Gasteiger partial charge on any atom is 0.416 e. The van der Waals surface area contributed by atoms with Crippen LogP contribution in [0.3, 0.4) is 0 Å². The molecule has 0 aliphatic carbocycles. The van der Waals surface area contributed by atoms with Gasteiger partial charge in [-0.2, -0.15) is 13.2 Å². The van der Waals surface area contributed by atoms with Gasteiger partial charge in [0.2, 0.25) is 5.91 Å². The molecule has 2 atom stereocenters. The summed E-state index contributed by atoms with van der Waals surface area (Å²) >= 11 is 0. The monoisotopic (exact) mass is 287 g/mol. The molecule has 1 aromatic rings. The molecule has 2 rings (SSSR count). The standard InChI is InChI=1S/C14H16F3NO2/c1-9(18-13(19)12-6-3-7-20-12)10-4-2-5-11(8-10)14(15,16)17/h2,4-5,8-9,12H,3,6-7H2,1H3,(H,18,19)/t9-,12+/m1/s1. The predicted octanol–water partition coefficient (Wildman–Crippen LogP) is 3.06. The Bertz CT molecular complexity index is 482. The fourth-order valence-electron chi connectivity index (χ4n) is 2.16. The normalized spacial score (nSPS) is 20.7. The summed E-state index contributed by atoms with van der Waals surface area (Å²) < 4.78 is 43.1. The first-order chi connectivity index (χ1) is 9.38. The van der Waals surface area contributed by atoms with Gasteiger partial charge in [-0.05, 0) is 37.5 Å². The van der Waals surface area contributed by atoms with E-state index in [2.05, 4.69) is 5.32 Å². The number of amides is 1. The summed E-state index contributed by atoms with van der Waals surface area (Å²) in [5.41, 5.74) is -0.292. The summed E-state index contributed by atoms with van der Waals surface area (Å²) in [6.07, 6.45) is -3.38. The van der Waals surface area contributed by atoms with Crippen molar-refractivity contribution in [2.75, 3.05) is 6.61 Å². The number of hydrogen-bond acceptors (Lipinski definition) is 2. The zero-order valence-electron chi connectivity index (χ0n) is 11.0. The van der Waals surface area contributed by atoms with E-state index < -0.39 is 23.9 Å². The van der Waals surface area contributed by atoms with Crippen LogP contribution in [0, 0.1) is 0 Å². The molecule has 0 saturated carbocycles. The lowest BCUT2D eigenvalue weighted by Crippen LogP contribution is -2.35. The molecule has 3 nitrogen and oxygen atoms in total. The maximum absolute atomic E-state index is 12.6. The Hall–Kier alpha value is -1.56. The number of carbonyl (C=O) groups is 1. The van der Waals surface area contributed by atoms with Crippen molar-refractivity contribution in [1.29, 1.82) is 0 Å². The second-order valence-corrected chi connectivity index (χ2v) is 4.86. The second kappa shape index (κ2) is 5.83. The quantitative estimate of drug-likeness (QED) is 0.928. The van der Waals surface area contributed by atoms with Crippen molar-refractivity contribution >= 4 is 5.91 Å². The fraction of sp³-hybridized carbons (Fsp3) is 0.500. The van der Waals surface area contributed by atoms with E-state index in [9.17, 15) is 18.0 Å². The minimum absolute atomic E-state index is 0.271. The molecule has 0 aromatic heterocycles. The largest absolute Gasteiger partial charge is 0.416 e. The van der Waals surface area contributed by atoms with Crippen molar-refractivity contribution < 1.29 is 22.7 Å². The number of benzene rings is 1. The average Bonchev–Trinajstić information content (AvgIpc) is 2.91. The Labute approximate surface area is 115 Å². The van der Waals surface area contributed by atoms with Crippen LogP contribution in [0.2, 0.25) is 0 Å². The maximum atomic E-state index is 12.6. The third kappa shape index (κ3) is 3.50. The average molecular weight is 287 g/mol. The highest BCUT2D eigenvalue weighted by Crippen LogP contribution is 2.30. The Morgan fingerprint density at radius 3 is 2.80 bits per heavy atom. The summed E-state index contributed by atoms with van der Waals surface area (Å²) in [6, 6.07) is 4.48. The van der Waals surface area contributed by atoms with Crippen LogP contribution in [0.5, 0.6) is 0 Å². The zero-order valence-corrected chi connectivity index (χ0v) is 11.0. The predicted molar refractivity (Wildman–Crippen MR) is 67.0 cm³/mol. The highest BCUT2D eigenvalue weighted by atomic mass is 19.4. The molecule has 1 fully saturated rings. The molecular formula is C14H16F3NO2. The van der Waals surface area contributed by atoms with Crippen LogP contribution in [0.1, 0.15) is 36.9 Å². The number of hydrogen-bond donors (Lipinski definition) is 1. The number of nitrogens with one attached hydrogen (secondary N) is 1. The first-order valence-electron chi connectivity index (χ1n) is 6.47. The first-order valence-corrected chi connectivity index (χ1v) is 6.47. The number of alkyl halides is 3. The SMILES string of the molecule is C[C@@H](NC(=O)[C@@H]1CCCO1)c1cccc(C(F)(F)F)c1. The molecule has 0 radical (unpaired) electrons. The highest BCUT2D eigenvalue weighted by molar-refractivity contribution is 5.81. The van der Waals surface area contributed by atoms with Gasteiger partial charge in [0.25, 0.3) is 0 Å². The van der Waals surface area contributed by atoms with Crippen molar-refractivity contribution in [3.05, 3.63) is 35.4 Å². The van der Waals surface area contributed by atoms with E-state index in [0.29, 0.717) is 18.6 Å². The van der Waals surface area contributed by atoms with Crippen LogP contribution in [-0.4, -0.2) is 18.6 Å². The molecular weight excluding hydrogens is 271 g/mol. The Balaban J connectivity index is 2.05. The Morgan fingerprint density at radius 2 is 2.20 bits per heavy atom. The minimum Gasteiger partial charge on any atom is -0.368 e. The molecule has 1 saturated heterocycles. The lowest BCUT2D eigenvalue weighted by atomic mass is 10.0. The van der Waals surface area contributed by atoms with E-state index in [1.54, 1.807) is 13.0 Å². The summed E-state index contributed by atoms with van der Waals surface area (Å²) in [5.74, 6) is -0.271. The number of carbonyl (C=O) groups excluding carboxylic acids is 1. The van der Waals surface area contributed by atoms with Gasteiger partial charge in [0.1, 0.15) is 6.10 Å². The highest BCUT2D eigenvalue weighted by Gasteiger charge is 2.31. The van der Waals surface area contributed by atoms with Crippen molar-refractivity contribution in [3.8, 4) is 0 Å². The van der Waals surface area contributed by atoms with Crippen LogP contribution in [0.4, 0.5) is 13.2 Å². The van der Waals surface area contributed by atoms with Crippen molar-refractivity contribution in [2.45, 2.75) is 38.1 Å². The molecule has 1 aliphatic rings. The van der Waals surface area contributed by atoms with E-state index in [-0.39, 0.29) is 5.91 Å². The van der Waals surface area contributed by atoms with Crippen LogP contribution in [-0.2, 0) is 15.7 Å². The van der Waals surface area contributed by atoms with Crippen LogP contribution in [0.25, 0.3) is 0 Å². The van der Waals surface area contributed by atoms with Crippen LogP contribution >= 0.6 is 0 Å². The lowest BCUT2D eigenvalue weighted by Gasteiger charge is -2.18. The number of rotatable bonds is 3. The molecule has 0 spiro atoms. The number of halogens is 3. The summed E-state index contributed by atoms with van der Waals surface area (Å²) in [7, 11) is 0. The summed E-state index contributed by atoms with van der Waals surface area (Å²) in [5, 5.41) is 2.69. The Kier molecular flexibility index (Phi) is 4.32. The van der Waals surface area contributed by atoms with E-state index >= 15 is 0 Å². The van der Waals surface area contributed by atoms with Gasteiger partial charge >= 0.3 is 6.18 Å². The van der Waals surface area contributed by atoms with E-state index in [1.807, 2.05) is 0 Å². The summed E-state index contributed by atoms with van der Waals surface area (Å²) in [4.78, 5) is 11.9. The first kappa shape index (κ1) is 14.8. The minimum atomic E-state index is -4.38. The van der Waals surface area contributed by atoms with Crippen molar-refractivity contribution in [1.82, 2.24) is 5.32 Å². The fourth-order valence-corrected chi connectivity index (χ4v) is 2.16. The lowest BCUT2D eigenvalue weighted by molar-refractivity contribution is -0.137. The van der Waals surface area contributed by atoms with Gasteiger partial charge in [0.05, 0.1) is 11.6 Å². The van der Waals surface area contributed by atoms with Crippen molar-refractivity contribution in [3.63, 3.8) is 0 Å². The third-order valence-electron chi connectivity index (χ3n) is 3.29. The van der Waals surface area contributed by atoms with Crippen LogP contribution in [0.15, 0.2) is 24.3 Å². The molecule has 1 heterocycles. The van der Waals surface area contributed by atoms with Gasteiger partial charge in [0, 0.05) is 6.61 Å². The molecule has 1 aliphatic heterocycles. The third-order valence-corrected chi connectivity index (χ3v) is 3.29. The Morgan fingerprint density at radius 1 is 1.45 bits per heavy atom. The summed E-state index contributed by atoms with van der Waals surface area (Å²) in [6.45, 7) is 2.21. The second-order valence-electron chi connectivity index (χ2n) is 4.86. The molecule has 20 heavy (non-hydrogen) atoms. The van der Waals surface area contributed by atoms with E-state index in [1.165, 1.54) is 6.07 Å². The van der Waals surface area contributed by atoms with Gasteiger partial charge in [-0.25, -0.2) is 0 Å². The molecule has 1 amide bonds. The molecule has 6 heteroatoms. The smallest absolute Gasteiger partial charge is 0.368 e. The molecule has 1 aromatic carbocycles. The van der Waals surface area contributed by atoms with Crippen LogP contribution < -0.4 is 5.32 Å². The van der Waals surface area contributed by atoms with Gasteiger partial charge in [-0.1, -0.05) is 12.1 Å². The van der Waals surface area contributed by atoms with Crippen molar-refractivity contribution in [2.24, 2.45) is 0 Å². The molecule has 0 unspecified atom stereocenters. The van der Waals surface area contributed by atoms with Gasteiger partial charge in [-0.15, -0.1) is 0 Å². The number of ether oxygens (including phenoxy) is 1. The molecule has 1 N–H and O–H groups in total. The van der Waals surface area contributed by atoms with E-state index in [4.69, 9.17) is 4.74 Å². The van der Waals surface area contributed by atoms with E-state index in [0.717, 1.165) is 18.6 Å². The topological polar surface area (TPSA) is 38.3 Å². The molecule has 0 bridgehead atoms. The van der Waals surface area contributed by atoms with Gasteiger partial charge in [-0.3, -0.25) is 4.79 Å². The zero-order chi connectivity index (χ0) is 14.8. The van der Waals surface area contributed by atoms with Gasteiger partial charge < -0.3 is 10.1 Å². The molecule has 110 valence electrons. The van der Waals surface area contributed by atoms with Gasteiger partial charge in [0.15, 0.2) is 0 Å².